The maximum Gasteiger partial charge on any atom is 0.252 e. The van der Waals surface area contributed by atoms with Gasteiger partial charge >= 0.3 is 0 Å². The van der Waals surface area contributed by atoms with Crippen molar-refractivity contribution in [1.29, 1.82) is 0 Å². The fourth-order valence-electron chi connectivity index (χ4n) is 3.03. The fraction of sp³-hybridized carbons (Fsp3) is 0.400. The predicted octanol–water partition coefficient (Wildman–Crippen LogP) is 1.47. The van der Waals surface area contributed by atoms with E-state index in [1.54, 1.807) is 10.6 Å². The Hall–Kier alpha value is -1.81. The molecule has 0 aliphatic carbocycles. The lowest BCUT2D eigenvalue weighted by molar-refractivity contribution is 0.677. The molecule has 4 nitrogen and oxygen atoms in total. The first-order valence-electron chi connectivity index (χ1n) is 6.78. The number of rotatable bonds is 2. The summed E-state index contributed by atoms with van der Waals surface area (Å²) in [6.07, 6.45) is 2.26. The van der Waals surface area contributed by atoms with Crippen LogP contribution in [0.5, 0.6) is 0 Å². The zero-order chi connectivity index (χ0) is 13.4. The minimum Gasteiger partial charge on any atom is -0.367 e. The molecule has 0 saturated carbocycles. The zero-order valence-electron chi connectivity index (χ0n) is 11.2. The quantitative estimate of drug-likeness (QED) is 0.886. The third kappa shape index (κ3) is 1.92. The Bertz CT molecular complexity index is 662. The van der Waals surface area contributed by atoms with Crippen LogP contribution in [0.3, 0.4) is 0 Å². The Labute approximate surface area is 112 Å². The van der Waals surface area contributed by atoms with E-state index in [4.69, 9.17) is 5.73 Å². The molecule has 1 aliphatic rings. The summed E-state index contributed by atoms with van der Waals surface area (Å²) in [6, 6.07) is 10.2. The summed E-state index contributed by atoms with van der Waals surface area (Å²) in [6.45, 7) is 1.63. The summed E-state index contributed by atoms with van der Waals surface area (Å²) >= 11 is 0. The zero-order valence-corrected chi connectivity index (χ0v) is 11.2. The number of hydrogen-bond acceptors (Lipinski definition) is 3. The van der Waals surface area contributed by atoms with Gasteiger partial charge in [-0.1, -0.05) is 18.2 Å². The number of nitrogens with two attached hydrogens (primary N) is 1. The summed E-state index contributed by atoms with van der Waals surface area (Å²) in [5, 5.41) is 1.13. The number of hydrogen-bond donors (Lipinski definition) is 1. The molecule has 2 heterocycles. The highest BCUT2D eigenvalue weighted by molar-refractivity contribution is 5.92. The molecule has 1 aromatic heterocycles. The highest BCUT2D eigenvalue weighted by atomic mass is 16.1. The maximum absolute atomic E-state index is 12.1. The van der Waals surface area contributed by atoms with Crippen LogP contribution in [0.4, 0.5) is 5.69 Å². The number of benzene rings is 1. The van der Waals surface area contributed by atoms with Crippen molar-refractivity contribution in [3.05, 3.63) is 40.7 Å². The third-order valence-corrected chi connectivity index (χ3v) is 4.09. The van der Waals surface area contributed by atoms with Crippen LogP contribution in [0.15, 0.2) is 35.1 Å². The van der Waals surface area contributed by atoms with Gasteiger partial charge in [-0.05, 0) is 18.9 Å². The topological polar surface area (TPSA) is 51.3 Å². The van der Waals surface area contributed by atoms with Crippen molar-refractivity contribution >= 4 is 16.6 Å². The largest absolute Gasteiger partial charge is 0.367 e. The second-order valence-corrected chi connectivity index (χ2v) is 5.17. The van der Waals surface area contributed by atoms with Crippen LogP contribution in [0.2, 0.25) is 0 Å². The van der Waals surface area contributed by atoms with Gasteiger partial charge in [0.05, 0.1) is 11.2 Å². The van der Waals surface area contributed by atoms with E-state index in [0.717, 1.165) is 36.0 Å². The van der Waals surface area contributed by atoms with Gasteiger partial charge in [-0.25, -0.2) is 0 Å². The van der Waals surface area contributed by atoms with E-state index >= 15 is 0 Å². The molecule has 1 aromatic carbocycles. The molecule has 1 atom stereocenters. The molecule has 1 unspecified atom stereocenters. The Kier molecular flexibility index (Phi) is 3.03. The van der Waals surface area contributed by atoms with Crippen molar-refractivity contribution in [3.8, 4) is 0 Å². The molecular formula is C15H19N3O. The van der Waals surface area contributed by atoms with Gasteiger partial charge < -0.3 is 15.2 Å². The monoisotopic (exact) mass is 257 g/mol. The second-order valence-electron chi connectivity index (χ2n) is 5.17. The van der Waals surface area contributed by atoms with Crippen LogP contribution in [0.1, 0.15) is 12.8 Å². The summed E-state index contributed by atoms with van der Waals surface area (Å²) in [7, 11) is 1.82. The number of anilines is 1. The van der Waals surface area contributed by atoms with Crippen LogP contribution in [0, 0.1) is 0 Å². The van der Waals surface area contributed by atoms with E-state index in [9.17, 15) is 4.79 Å². The molecule has 0 amide bonds. The Morgan fingerprint density at radius 3 is 2.95 bits per heavy atom. The Morgan fingerprint density at radius 2 is 2.16 bits per heavy atom. The fourth-order valence-corrected chi connectivity index (χ4v) is 3.03. The molecule has 0 spiro atoms. The van der Waals surface area contributed by atoms with Crippen LogP contribution >= 0.6 is 0 Å². The summed E-state index contributed by atoms with van der Waals surface area (Å²) < 4.78 is 1.70. The molecule has 1 fully saturated rings. The van der Waals surface area contributed by atoms with E-state index in [1.165, 1.54) is 0 Å². The molecule has 0 radical (unpaired) electrons. The van der Waals surface area contributed by atoms with Crippen LogP contribution in [-0.4, -0.2) is 23.7 Å². The average Bonchev–Trinajstić information content (AvgIpc) is 2.91. The second kappa shape index (κ2) is 4.70. The molecule has 100 valence electrons. The van der Waals surface area contributed by atoms with Gasteiger partial charge in [-0.3, -0.25) is 4.79 Å². The molecule has 3 rings (SSSR count). The lowest BCUT2D eigenvalue weighted by atomic mass is 10.1. The van der Waals surface area contributed by atoms with Gasteiger partial charge in [0.1, 0.15) is 0 Å². The van der Waals surface area contributed by atoms with E-state index in [2.05, 4.69) is 11.0 Å². The maximum atomic E-state index is 12.1. The third-order valence-electron chi connectivity index (χ3n) is 4.09. The first-order chi connectivity index (χ1) is 9.22. The smallest absolute Gasteiger partial charge is 0.252 e. The van der Waals surface area contributed by atoms with Gasteiger partial charge in [0, 0.05) is 37.6 Å². The first kappa shape index (κ1) is 12.2. The Balaban J connectivity index is 2.24. The van der Waals surface area contributed by atoms with Gasteiger partial charge in [-0.15, -0.1) is 0 Å². The molecule has 1 saturated heterocycles. The highest BCUT2D eigenvalue weighted by Crippen LogP contribution is 2.30. The summed E-state index contributed by atoms with van der Waals surface area (Å²) in [5.41, 5.74) is 7.90. The van der Waals surface area contributed by atoms with Crippen molar-refractivity contribution in [3.63, 3.8) is 0 Å². The van der Waals surface area contributed by atoms with Crippen LogP contribution in [-0.2, 0) is 7.05 Å². The van der Waals surface area contributed by atoms with Crippen molar-refractivity contribution in [2.45, 2.75) is 18.9 Å². The lowest BCUT2D eigenvalue weighted by Gasteiger charge is -2.27. The van der Waals surface area contributed by atoms with Gasteiger partial charge in [0.15, 0.2) is 0 Å². The van der Waals surface area contributed by atoms with Crippen LogP contribution in [0.25, 0.3) is 10.9 Å². The Morgan fingerprint density at radius 1 is 1.37 bits per heavy atom. The van der Waals surface area contributed by atoms with Crippen molar-refractivity contribution in [2.24, 2.45) is 12.8 Å². The number of aryl methyl sites for hydroxylation is 1. The number of nitrogens with zero attached hydrogens (tertiary/aromatic N) is 2. The summed E-state index contributed by atoms with van der Waals surface area (Å²) in [4.78, 5) is 14.4. The number of pyridine rings is 1. The SMILES string of the molecule is Cn1c(=O)cc(N2CCCC2CN)c2ccccc21. The standard InChI is InChI=1S/C15H19N3O/c1-17-13-7-3-2-6-12(13)14(9-15(17)19)18-8-4-5-11(18)10-16/h2-3,6-7,9,11H,4-5,8,10,16H2,1H3. The van der Waals surface area contributed by atoms with Crippen LogP contribution < -0.4 is 16.2 Å². The molecule has 0 bridgehead atoms. The molecule has 1 aliphatic heterocycles. The predicted molar refractivity (Wildman–Crippen MR) is 78.6 cm³/mol. The number of fused-ring (bicyclic) bond motifs is 1. The van der Waals surface area contributed by atoms with Gasteiger partial charge in [-0.2, -0.15) is 0 Å². The van der Waals surface area contributed by atoms with Crippen molar-refractivity contribution in [2.75, 3.05) is 18.0 Å². The highest BCUT2D eigenvalue weighted by Gasteiger charge is 2.25. The average molecular weight is 257 g/mol. The number of para-hydroxylation sites is 1. The molecule has 2 aromatic rings. The molecule has 4 heteroatoms. The summed E-state index contributed by atoms with van der Waals surface area (Å²) in [5.74, 6) is 0. The number of aromatic nitrogens is 1. The van der Waals surface area contributed by atoms with E-state index in [1.807, 2.05) is 25.2 Å². The molecule has 19 heavy (non-hydrogen) atoms. The minimum atomic E-state index is 0.0383. The van der Waals surface area contributed by atoms with Gasteiger partial charge in [0.2, 0.25) is 0 Å². The lowest BCUT2D eigenvalue weighted by Crippen LogP contribution is -2.36. The van der Waals surface area contributed by atoms with Gasteiger partial charge in [0.25, 0.3) is 5.56 Å². The van der Waals surface area contributed by atoms with Crippen molar-refractivity contribution < 1.29 is 0 Å². The molecule has 2 N–H and O–H groups in total. The van der Waals surface area contributed by atoms with Crippen molar-refractivity contribution in [1.82, 2.24) is 4.57 Å². The first-order valence-corrected chi connectivity index (χ1v) is 6.78. The normalized spacial score (nSPS) is 19.3. The van der Waals surface area contributed by atoms with E-state index in [0.29, 0.717) is 12.6 Å². The van der Waals surface area contributed by atoms with E-state index in [-0.39, 0.29) is 5.56 Å². The minimum absolute atomic E-state index is 0.0383. The molecular weight excluding hydrogens is 238 g/mol. The van der Waals surface area contributed by atoms with E-state index < -0.39 is 0 Å².